The summed E-state index contributed by atoms with van der Waals surface area (Å²) in [6.45, 7) is 14.8. The number of carbonyl (C=O) groups is 2. The van der Waals surface area contributed by atoms with Gasteiger partial charge in [-0.2, -0.15) is 0 Å². The van der Waals surface area contributed by atoms with Gasteiger partial charge in [0.25, 0.3) is 5.91 Å². The standard InChI is InChI=1S/C26H39NO3/c1-8-17(5)21-18(6)13-25(7)12-16(4)9-10-20(25)22(21)23(28)19-14-26(30,11-15(2)3)27-24(19)29/h8,13-16,20-22,30H,9-12H2,1-7H3,(H,27,29)/b17-8+/t16-,20+,21-,22+,25+,26-/m0/s1. The molecule has 30 heavy (non-hydrogen) atoms. The van der Waals surface area contributed by atoms with Crippen LogP contribution in [0.2, 0.25) is 0 Å². The van der Waals surface area contributed by atoms with Crippen LogP contribution >= 0.6 is 0 Å². The van der Waals surface area contributed by atoms with Crippen LogP contribution in [0, 0.1) is 35.0 Å². The Balaban J connectivity index is 2.06. The number of amides is 1. The third-order valence-electron chi connectivity index (χ3n) is 7.64. The van der Waals surface area contributed by atoms with Crippen molar-refractivity contribution in [3.05, 3.63) is 34.9 Å². The third kappa shape index (κ3) is 4.08. The summed E-state index contributed by atoms with van der Waals surface area (Å²) in [5.41, 5.74) is 1.10. The number of hydrogen-bond donors (Lipinski definition) is 2. The number of carbonyl (C=O) groups excluding carboxylic acids is 2. The van der Waals surface area contributed by atoms with E-state index in [-0.39, 0.29) is 40.4 Å². The van der Waals surface area contributed by atoms with Gasteiger partial charge >= 0.3 is 0 Å². The first-order valence-corrected chi connectivity index (χ1v) is 11.5. The van der Waals surface area contributed by atoms with Crippen molar-refractivity contribution in [1.82, 2.24) is 5.32 Å². The molecule has 2 N–H and O–H groups in total. The van der Waals surface area contributed by atoms with Crippen molar-refractivity contribution >= 4 is 11.7 Å². The molecule has 1 aliphatic heterocycles. The fraction of sp³-hybridized carbons (Fsp3) is 0.692. The Kier molecular flexibility index (Phi) is 6.21. The zero-order valence-corrected chi connectivity index (χ0v) is 19.7. The molecule has 1 fully saturated rings. The molecule has 166 valence electrons. The van der Waals surface area contributed by atoms with Crippen LogP contribution in [0.15, 0.2) is 34.9 Å². The van der Waals surface area contributed by atoms with Gasteiger partial charge in [-0.05, 0) is 62.9 Å². The molecule has 1 saturated carbocycles. The van der Waals surface area contributed by atoms with Gasteiger partial charge in [0.1, 0.15) is 0 Å². The van der Waals surface area contributed by atoms with Gasteiger partial charge in [-0.1, -0.05) is 57.4 Å². The Morgan fingerprint density at radius 1 is 1.33 bits per heavy atom. The van der Waals surface area contributed by atoms with E-state index in [1.807, 2.05) is 20.8 Å². The molecule has 1 heterocycles. The number of Topliss-reactive ketones (excluding diaryl/α,β-unsaturated/α-hetero) is 1. The Bertz CT molecular complexity index is 820. The van der Waals surface area contributed by atoms with Gasteiger partial charge in [-0.15, -0.1) is 0 Å². The van der Waals surface area contributed by atoms with Gasteiger partial charge < -0.3 is 10.4 Å². The summed E-state index contributed by atoms with van der Waals surface area (Å²) in [5, 5.41) is 13.5. The monoisotopic (exact) mass is 413 g/mol. The summed E-state index contributed by atoms with van der Waals surface area (Å²) < 4.78 is 0. The van der Waals surface area contributed by atoms with Crippen molar-refractivity contribution in [2.24, 2.45) is 35.0 Å². The highest BCUT2D eigenvalue weighted by Gasteiger charge is 2.52. The molecule has 0 bridgehead atoms. The second-order valence-electron chi connectivity index (χ2n) is 10.8. The second kappa shape index (κ2) is 8.11. The van der Waals surface area contributed by atoms with E-state index in [1.54, 1.807) is 0 Å². The number of hydrogen-bond acceptors (Lipinski definition) is 3. The molecule has 0 spiro atoms. The quantitative estimate of drug-likeness (QED) is 0.495. The Labute approximate surface area is 181 Å². The average molecular weight is 414 g/mol. The van der Waals surface area contributed by atoms with E-state index < -0.39 is 11.6 Å². The Morgan fingerprint density at radius 3 is 2.60 bits per heavy atom. The number of rotatable bonds is 5. The zero-order valence-electron chi connectivity index (χ0n) is 19.7. The predicted octanol–water partition coefficient (Wildman–Crippen LogP) is 4.95. The van der Waals surface area contributed by atoms with Crippen LogP contribution in [0.4, 0.5) is 0 Å². The van der Waals surface area contributed by atoms with Crippen LogP contribution < -0.4 is 5.32 Å². The van der Waals surface area contributed by atoms with Crippen molar-refractivity contribution in [3.8, 4) is 0 Å². The highest BCUT2D eigenvalue weighted by atomic mass is 16.3. The van der Waals surface area contributed by atoms with Gasteiger partial charge in [0.05, 0.1) is 5.57 Å². The minimum atomic E-state index is -1.43. The minimum Gasteiger partial charge on any atom is -0.367 e. The van der Waals surface area contributed by atoms with E-state index >= 15 is 0 Å². The first kappa shape index (κ1) is 23.0. The average Bonchev–Trinajstić information content (AvgIpc) is 2.91. The van der Waals surface area contributed by atoms with Crippen molar-refractivity contribution < 1.29 is 14.7 Å². The molecule has 0 saturated heterocycles. The fourth-order valence-corrected chi connectivity index (χ4v) is 6.53. The van der Waals surface area contributed by atoms with E-state index in [0.717, 1.165) is 19.3 Å². The largest absolute Gasteiger partial charge is 0.367 e. The van der Waals surface area contributed by atoms with Crippen molar-refractivity contribution in [2.75, 3.05) is 0 Å². The lowest BCUT2D eigenvalue weighted by Crippen LogP contribution is -2.48. The van der Waals surface area contributed by atoms with Gasteiger partial charge in [0, 0.05) is 18.3 Å². The molecule has 1 amide bonds. The van der Waals surface area contributed by atoms with Gasteiger partial charge in [0.15, 0.2) is 11.5 Å². The third-order valence-corrected chi connectivity index (χ3v) is 7.64. The van der Waals surface area contributed by atoms with E-state index in [4.69, 9.17) is 0 Å². The number of fused-ring (bicyclic) bond motifs is 1. The lowest BCUT2D eigenvalue weighted by molar-refractivity contribution is -0.129. The van der Waals surface area contributed by atoms with Crippen molar-refractivity contribution in [1.29, 1.82) is 0 Å². The Hall–Kier alpha value is -1.68. The molecule has 0 aromatic rings. The molecule has 0 aromatic carbocycles. The summed E-state index contributed by atoms with van der Waals surface area (Å²) >= 11 is 0. The summed E-state index contributed by atoms with van der Waals surface area (Å²) in [4.78, 5) is 26.7. The normalized spacial score (nSPS) is 39.4. The van der Waals surface area contributed by atoms with Crippen LogP contribution in [-0.2, 0) is 9.59 Å². The molecular weight excluding hydrogens is 374 g/mol. The van der Waals surface area contributed by atoms with Gasteiger partial charge in [-0.3, -0.25) is 9.59 Å². The van der Waals surface area contributed by atoms with Crippen LogP contribution in [0.25, 0.3) is 0 Å². The smallest absolute Gasteiger partial charge is 0.257 e. The molecule has 0 unspecified atom stereocenters. The van der Waals surface area contributed by atoms with Crippen molar-refractivity contribution in [3.63, 3.8) is 0 Å². The van der Waals surface area contributed by atoms with Gasteiger partial charge in [0.2, 0.25) is 0 Å². The summed E-state index contributed by atoms with van der Waals surface area (Å²) in [6, 6.07) is 0. The van der Waals surface area contributed by atoms with Crippen LogP contribution in [0.5, 0.6) is 0 Å². The summed E-state index contributed by atoms with van der Waals surface area (Å²) in [7, 11) is 0. The Morgan fingerprint density at radius 2 is 2.00 bits per heavy atom. The lowest BCUT2D eigenvalue weighted by Gasteiger charge is -2.52. The van der Waals surface area contributed by atoms with Crippen LogP contribution in [0.1, 0.15) is 74.1 Å². The molecule has 3 aliphatic rings. The van der Waals surface area contributed by atoms with Crippen LogP contribution in [-0.4, -0.2) is 22.5 Å². The van der Waals surface area contributed by atoms with E-state index in [2.05, 4.69) is 45.2 Å². The number of ketones is 1. The van der Waals surface area contributed by atoms with E-state index in [1.165, 1.54) is 17.2 Å². The molecule has 4 heteroatoms. The molecule has 3 rings (SSSR count). The van der Waals surface area contributed by atoms with Crippen LogP contribution in [0.3, 0.4) is 0 Å². The number of allylic oxidation sites excluding steroid dienone is 4. The maximum atomic E-state index is 13.9. The molecular formula is C26H39NO3. The first-order valence-electron chi connectivity index (χ1n) is 11.5. The van der Waals surface area contributed by atoms with Crippen molar-refractivity contribution in [2.45, 2.75) is 79.9 Å². The highest BCUT2D eigenvalue weighted by Crippen LogP contribution is 2.56. The maximum Gasteiger partial charge on any atom is 0.257 e. The lowest BCUT2D eigenvalue weighted by atomic mass is 9.52. The predicted molar refractivity (Wildman–Crippen MR) is 120 cm³/mol. The van der Waals surface area contributed by atoms with E-state index in [9.17, 15) is 14.7 Å². The topological polar surface area (TPSA) is 66.4 Å². The number of aliphatic hydroxyl groups is 1. The van der Waals surface area contributed by atoms with E-state index in [0.29, 0.717) is 12.3 Å². The second-order valence-corrected chi connectivity index (χ2v) is 10.8. The molecule has 0 aromatic heterocycles. The highest BCUT2D eigenvalue weighted by molar-refractivity contribution is 6.22. The first-order chi connectivity index (χ1) is 13.9. The molecule has 2 aliphatic carbocycles. The SMILES string of the molecule is C/C=C(\C)[C@H]1C(C)=C[C@@]2(C)C[C@@H](C)CC[C@@H]2[C@H]1C(=O)C1=C[C@@](O)(CC(C)C)NC1=O. The molecule has 4 nitrogen and oxygen atoms in total. The fourth-order valence-electron chi connectivity index (χ4n) is 6.53. The number of nitrogens with one attached hydrogen (secondary N) is 1. The molecule has 0 radical (unpaired) electrons. The van der Waals surface area contributed by atoms with Gasteiger partial charge in [-0.25, -0.2) is 0 Å². The summed E-state index contributed by atoms with van der Waals surface area (Å²) in [6.07, 6.45) is 9.58. The zero-order chi connectivity index (χ0) is 22.4. The summed E-state index contributed by atoms with van der Waals surface area (Å²) in [5.74, 6) is 0.258. The minimum absolute atomic E-state index is 0.0153. The maximum absolute atomic E-state index is 13.9. The molecule has 6 atom stereocenters.